The summed E-state index contributed by atoms with van der Waals surface area (Å²) in [5, 5.41) is 13.6. The molecule has 5 aromatic rings. The first-order chi connectivity index (χ1) is 20.1. The molecule has 208 valence electrons. The van der Waals surface area contributed by atoms with Gasteiger partial charge in [-0.15, -0.1) is 5.10 Å². The van der Waals surface area contributed by atoms with Crippen LogP contribution in [0.2, 0.25) is 5.02 Å². The second-order valence-electron chi connectivity index (χ2n) is 10.8. The molecule has 2 fully saturated rings. The van der Waals surface area contributed by atoms with Gasteiger partial charge in [0, 0.05) is 35.8 Å². The predicted molar refractivity (Wildman–Crippen MR) is 157 cm³/mol. The van der Waals surface area contributed by atoms with Crippen LogP contribution in [0.5, 0.6) is 5.75 Å². The van der Waals surface area contributed by atoms with Crippen LogP contribution in [0, 0.1) is 5.82 Å². The lowest BCUT2D eigenvalue weighted by Crippen LogP contribution is -2.52. The Balaban J connectivity index is 1.06. The number of nitrogens with zero attached hydrogens (tertiary/aromatic N) is 6. The normalized spacial score (nSPS) is 16.2. The van der Waals surface area contributed by atoms with E-state index in [9.17, 15) is 4.39 Å². The average Bonchev–Trinajstić information content (AvgIpc) is 3.65. The van der Waals surface area contributed by atoms with Gasteiger partial charge in [-0.2, -0.15) is 0 Å². The molecule has 0 spiro atoms. The first kappa shape index (κ1) is 25.9. The third-order valence-electron chi connectivity index (χ3n) is 8.03. The van der Waals surface area contributed by atoms with Gasteiger partial charge in [0.15, 0.2) is 0 Å². The molecule has 2 aliphatic rings. The lowest BCUT2D eigenvalue weighted by molar-refractivity contribution is 0.0543. The fourth-order valence-corrected chi connectivity index (χ4v) is 5.98. The number of benzene rings is 3. The molecule has 0 atom stereocenters. The van der Waals surface area contributed by atoms with E-state index in [-0.39, 0.29) is 12.4 Å². The minimum atomic E-state index is -0.300. The van der Waals surface area contributed by atoms with Gasteiger partial charge in [-0.1, -0.05) is 47.9 Å². The standard InChI is InChI=1S/C31H29ClFN7O/c32-27-14-23(9-11-30(27)41-18-20-4-3-5-22(33)12-20)36-31-26-13-21(8-10-28(26)34-19-35-31)29-17-40(38-37-29)25-15-39(16-25)24-6-1-2-7-24/h3-5,8-14,17,19,24-25H,1-2,6-7,15-16,18H2,(H,34,35,36). The Bertz CT molecular complexity index is 1700. The van der Waals surface area contributed by atoms with Gasteiger partial charge in [-0.3, -0.25) is 4.90 Å². The number of nitrogens with one attached hydrogen (secondary N) is 1. The number of likely N-dealkylation sites (tertiary alicyclic amines) is 1. The van der Waals surface area contributed by atoms with Crippen molar-refractivity contribution in [2.45, 2.75) is 44.4 Å². The van der Waals surface area contributed by atoms with Crippen LogP contribution in [0.3, 0.4) is 0 Å². The molecular weight excluding hydrogens is 541 g/mol. The third-order valence-corrected chi connectivity index (χ3v) is 8.32. The minimum Gasteiger partial charge on any atom is -0.487 e. The van der Waals surface area contributed by atoms with Crippen molar-refractivity contribution in [3.63, 3.8) is 0 Å². The zero-order valence-electron chi connectivity index (χ0n) is 22.4. The Morgan fingerprint density at radius 2 is 1.85 bits per heavy atom. The molecule has 8 nitrogen and oxygen atoms in total. The molecule has 0 bridgehead atoms. The summed E-state index contributed by atoms with van der Waals surface area (Å²) in [5.41, 5.74) is 4.06. The summed E-state index contributed by atoms with van der Waals surface area (Å²) in [6.45, 7) is 2.31. The number of anilines is 2. The van der Waals surface area contributed by atoms with Gasteiger partial charge >= 0.3 is 0 Å². The van der Waals surface area contributed by atoms with Gasteiger partial charge in [0.2, 0.25) is 0 Å². The zero-order chi connectivity index (χ0) is 27.8. The van der Waals surface area contributed by atoms with Gasteiger partial charge in [0.1, 0.15) is 36.0 Å². The Morgan fingerprint density at radius 3 is 2.68 bits per heavy atom. The molecule has 2 aromatic heterocycles. The van der Waals surface area contributed by atoms with Crippen LogP contribution < -0.4 is 10.1 Å². The molecule has 10 heteroatoms. The van der Waals surface area contributed by atoms with Crippen LogP contribution in [0.1, 0.15) is 37.3 Å². The molecule has 0 amide bonds. The number of rotatable bonds is 8. The molecule has 1 aliphatic carbocycles. The molecule has 0 unspecified atom stereocenters. The van der Waals surface area contributed by atoms with Crippen molar-refractivity contribution in [3.05, 3.63) is 89.6 Å². The number of aromatic nitrogens is 5. The van der Waals surface area contributed by atoms with Crippen LogP contribution in [-0.2, 0) is 6.61 Å². The molecule has 0 radical (unpaired) electrons. The van der Waals surface area contributed by atoms with Crippen LogP contribution in [-0.4, -0.2) is 49.0 Å². The van der Waals surface area contributed by atoms with Gasteiger partial charge in [-0.05, 0) is 60.9 Å². The Hall–Kier alpha value is -4.08. The molecule has 7 rings (SSSR count). The van der Waals surface area contributed by atoms with Crippen molar-refractivity contribution in [1.82, 2.24) is 29.9 Å². The average molecular weight is 570 g/mol. The highest BCUT2D eigenvalue weighted by Gasteiger charge is 2.35. The summed E-state index contributed by atoms with van der Waals surface area (Å²) < 4.78 is 21.3. The monoisotopic (exact) mass is 569 g/mol. The summed E-state index contributed by atoms with van der Waals surface area (Å²) >= 11 is 6.51. The van der Waals surface area contributed by atoms with Gasteiger partial charge in [0.05, 0.1) is 22.8 Å². The molecular formula is C31H29ClFN7O. The van der Waals surface area contributed by atoms with E-state index in [1.165, 1.54) is 44.1 Å². The van der Waals surface area contributed by atoms with Crippen molar-refractivity contribution in [1.29, 1.82) is 0 Å². The SMILES string of the molecule is Fc1cccc(COc2ccc(Nc3ncnc4ccc(-c5cn(C6CN(C7CCCC7)C6)nn5)cc34)cc2Cl)c1. The second-order valence-corrected chi connectivity index (χ2v) is 11.2. The molecule has 41 heavy (non-hydrogen) atoms. The van der Waals surface area contributed by atoms with E-state index in [1.807, 2.05) is 35.1 Å². The maximum atomic E-state index is 13.5. The maximum absolute atomic E-state index is 13.5. The van der Waals surface area contributed by atoms with E-state index in [0.29, 0.717) is 22.6 Å². The first-order valence-corrected chi connectivity index (χ1v) is 14.3. The van der Waals surface area contributed by atoms with Crippen molar-refractivity contribution in [2.24, 2.45) is 0 Å². The van der Waals surface area contributed by atoms with Crippen molar-refractivity contribution in [2.75, 3.05) is 18.4 Å². The van der Waals surface area contributed by atoms with Crippen LogP contribution in [0.25, 0.3) is 22.2 Å². The number of hydrogen-bond acceptors (Lipinski definition) is 7. The molecule has 1 saturated heterocycles. The summed E-state index contributed by atoms with van der Waals surface area (Å²) in [5.74, 6) is 0.864. The molecule has 1 aliphatic heterocycles. The summed E-state index contributed by atoms with van der Waals surface area (Å²) in [6, 6.07) is 18.9. The topological polar surface area (TPSA) is 81.0 Å². The Labute approximate surface area is 242 Å². The number of halogens is 2. The summed E-state index contributed by atoms with van der Waals surface area (Å²) in [4.78, 5) is 11.5. The van der Waals surface area contributed by atoms with E-state index in [1.54, 1.807) is 24.3 Å². The third kappa shape index (κ3) is 5.47. The van der Waals surface area contributed by atoms with E-state index in [2.05, 4.69) is 30.5 Å². The fourth-order valence-electron chi connectivity index (χ4n) is 5.75. The molecule has 3 heterocycles. The van der Waals surface area contributed by atoms with E-state index in [0.717, 1.165) is 52.5 Å². The lowest BCUT2D eigenvalue weighted by atomic mass is 10.0. The molecule has 1 saturated carbocycles. The highest BCUT2D eigenvalue weighted by atomic mass is 35.5. The maximum Gasteiger partial charge on any atom is 0.141 e. The summed E-state index contributed by atoms with van der Waals surface area (Å²) in [6.07, 6.45) is 8.93. The predicted octanol–water partition coefficient (Wildman–Crippen LogP) is 6.80. The van der Waals surface area contributed by atoms with Crippen LogP contribution >= 0.6 is 11.6 Å². The van der Waals surface area contributed by atoms with E-state index >= 15 is 0 Å². The molecule has 1 N–H and O–H groups in total. The van der Waals surface area contributed by atoms with Crippen molar-refractivity contribution >= 4 is 34.0 Å². The van der Waals surface area contributed by atoms with Crippen LogP contribution in [0.4, 0.5) is 15.9 Å². The van der Waals surface area contributed by atoms with Gasteiger partial charge < -0.3 is 10.1 Å². The number of hydrogen-bond donors (Lipinski definition) is 1. The van der Waals surface area contributed by atoms with Crippen LogP contribution in [0.15, 0.2) is 73.2 Å². The minimum absolute atomic E-state index is 0.216. The smallest absolute Gasteiger partial charge is 0.141 e. The van der Waals surface area contributed by atoms with Gasteiger partial charge in [-0.25, -0.2) is 19.0 Å². The van der Waals surface area contributed by atoms with Crippen molar-refractivity contribution < 1.29 is 9.13 Å². The highest BCUT2D eigenvalue weighted by molar-refractivity contribution is 6.32. The number of ether oxygens (including phenoxy) is 1. The van der Waals surface area contributed by atoms with E-state index < -0.39 is 0 Å². The summed E-state index contributed by atoms with van der Waals surface area (Å²) in [7, 11) is 0. The fraction of sp³-hybridized carbons (Fsp3) is 0.290. The largest absolute Gasteiger partial charge is 0.487 e. The van der Waals surface area contributed by atoms with E-state index in [4.69, 9.17) is 16.3 Å². The molecule has 3 aromatic carbocycles. The number of fused-ring (bicyclic) bond motifs is 1. The van der Waals surface area contributed by atoms with Gasteiger partial charge in [0.25, 0.3) is 0 Å². The lowest BCUT2D eigenvalue weighted by Gasteiger charge is -2.42. The highest BCUT2D eigenvalue weighted by Crippen LogP contribution is 2.34. The van der Waals surface area contributed by atoms with Crippen molar-refractivity contribution in [3.8, 4) is 17.0 Å². The Morgan fingerprint density at radius 1 is 0.976 bits per heavy atom. The second kappa shape index (κ2) is 11.1. The Kier molecular flexibility index (Phi) is 6.98. The zero-order valence-corrected chi connectivity index (χ0v) is 23.1. The quantitative estimate of drug-likeness (QED) is 0.220. The first-order valence-electron chi connectivity index (χ1n) is 13.9.